The zero-order valence-corrected chi connectivity index (χ0v) is 18.8. The van der Waals surface area contributed by atoms with Crippen molar-refractivity contribution in [3.8, 4) is 0 Å². The van der Waals surface area contributed by atoms with Crippen molar-refractivity contribution in [1.29, 1.82) is 0 Å². The van der Waals surface area contributed by atoms with Crippen molar-refractivity contribution in [1.82, 2.24) is 24.7 Å². The first-order valence-electron chi connectivity index (χ1n) is 11.2. The van der Waals surface area contributed by atoms with Crippen molar-refractivity contribution in [2.75, 3.05) is 29.4 Å². The number of piperidine rings is 1. The molecule has 35 heavy (non-hydrogen) atoms. The topological polar surface area (TPSA) is 80.0 Å². The third-order valence-electron chi connectivity index (χ3n) is 6.82. The lowest BCUT2D eigenvalue weighted by atomic mass is 9.77. The highest BCUT2D eigenvalue weighted by atomic mass is 19.4. The van der Waals surface area contributed by atoms with E-state index in [-0.39, 0.29) is 17.4 Å². The minimum atomic E-state index is -4.52. The number of carbonyl (C=O) groups is 1. The molecule has 5 rings (SSSR count). The predicted molar refractivity (Wildman–Crippen MR) is 116 cm³/mol. The van der Waals surface area contributed by atoms with Crippen LogP contribution in [0.1, 0.15) is 30.5 Å². The first kappa shape index (κ1) is 23.4. The lowest BCUT2D eigenvalue weighted by Crippen LogP contribution is -2.45. The van der Waals surface area contributed by atoms with E-state index in [0.29, 0.717) is 55.9 Å². The fourth-order valence-electron chi connectivity index (χ4n) is 4.90. The van der Waals surface area contributed by atoms with Gasteiger partial charge in [0.1, 0.15) is 23.7 Å². The number of hydrogen-bond acceptors (Lipinski definition) is 6. The van der Waals surface area contributed by atoms with Crippen LogP contribution in [0.3, 0.4) is 0 Å². The Labute approximate surface area is 196 Å². The zero-order chi connectivity index (χ0) is 25.0. The molecular weight excluding hydrogens is 473 g/mol. The molecule has 2 aliphatic rings. The van der Waals surface area contributed by atoms with Gasteiger partial charge >= 0.3 is 6.18 Å². The Hall–Kier alpha value is -3.38. The SMILES string of the molecule is Cc1nn(CC(F)F)c2nc(N3CCC4(CC3)CCN(c3cc(C(F)(F)F)ccn3)C4=O)cnc12. The summed E-state index contributed by atoms with van der Waals surface area (Å²) in [5, 5.41) is 4.11. The smallest absolute Gasteiger partial charge is 0.355 e. The molecule has 0 N–H and O–H groups in total. The van der Waals surface area contributed by atoms with Gasteiger partial charge in [0.05, 0.1) is 22.9 Å². The Morgan fingerprint density at radius 1 is 1.09 bits per heavy atom. The molecule has 5 heterocycles. The van der Waals surface area contributed by atoms with Crippen molar-refractivity contribution in [3.63, 3.8) is 0 Å². The largest absolute Gasteiger partial charge is 0.416 e. The van der Waals surface area contributed by atoms with Crippen LogP contribution < -0.4 is 9.80 Å². The van der Waals surface area contributed by atoms with Crippen LogP contribution >= 0.6 is 0 Å². The fourth-order valence-corrected chi connectivity index (χ4v) is 4.90. The molecule has 13 heteroatoms. The summed E-state index contributed by atoms with van der Waals surface area (Å²) in [4.78, 5) is 29.4. The molecule has 0 aromatic carbocycles. The summed E-state index contributed by atoms with van der Waals surface area (Å²) in [6.45, 7) is 2.33. The number of amides is 1. The van der Waals surface area contributed by atoms with Gasteiger partial charge in [0.2, 0.25) is 5.91 Å². The number of aromatic nitrogens is 5. The van der Waals surface area contributed by atoms with Crippen molar-refractivity contribution >= 4 is 28.7 Å². The van der Waals surface area contributed by atoms with Gasteiger partial charge in [-0.3, -0.25) is 9.69 Å². The normalized spacial score (nSPS) is 18.4. The molecule has 0 atom stereocenters. The van der Waals surface area contributed by atoms with Crippen LogP contribution in [0.4, 0.5) is 33.6 Å². The summed E-state index contributed by atoms with van der Waals surface area (Å²) in [5.41, 5.74) is -0.284. The van der Waals surface area contributed by atoms with Crippen LogP contribution in [0, 0.1) is 12.3 Å². The van der Waals surface area contributed by atoms with E-state index >= 15 is 0 Å². The van der Waals surface area contributed by atoms with Crippen LogP contribution in [-0.2, 0) is 17.5 Å². The summed E-state index contributed by atoms with van der Waals surface area (Å²) in [7, 11) is 0. The molecule has 0 aliphatic carbocycles. The van der Waals surface area contributed by atoms with E-state index in [1.807, 2.05) is 4.90 Å². The van der Waals surface area contributed by atoms with Crippen molar-refractivity contribution in [2.45, 2.75) is 45.3 Å². The molecule has 3 aromatic rings. The van der Waals surface area contributed by atoms with E-state index in [0.717, 1.165) is 23.0 Å². The minimum absolute atomic E-state index is 0.00288. The molecule has 0 saturated carbocycles. The number of alkyl halides is 5. The molecule has 0 radical (unpaired) electrons. The van der Waals surface area contributed by atoms with Gasteiger partial charge < -0.3 is 4.90 Å². The third-order valence-corrected chi connectivity index (χ3v) is 6.82. The third kappa shape index (κ3) is 4.16. The van der Waals surface area contributed by atoms with E-state index in [9.17, 15) is 26.7 Å². The highest BCUT2D eigenvalue weighted by Gasteiger charge is 2.49. The standard InChI is InChI=1S/C22H22F5N7O/c1-13-18-19(34(31-13)12-15(23)24)30-17(11-29-18)32-7-3-21(4-8-32)5-9-33(20(21)35)16-10-14(2-6-28-16)22(25,26)27/h2,6,10-11,15H,3-5,7-9,12H2,1H3. The molecule has 1 amide bonds. The summed E-state index contributed by atoms with van der Waals surface area (Å²) in [6, 6.07) is 1.78. The molecule has 2 fully saturated rings. The maximum atomic E-state index is 13.3. The Kier molecular flexibility index (Phi) is 5.59. The van der Waals surface area contributed by atoms with Gasteiger partial charge in [0, 0.05) is 25.8 Å². The van der Waals surface area contributed by atoms with E-state index in [2.05, 4.69) is 20.1 Å². The number of pyridine rings is 1. The van der Waals surface area contributed by atoms with Crippen molar-refractivity contribution in [3.05, 3.63) is 35.8 Å². The minimum Gasteiger partial charge on any atom is -0.355 e. The van der Waals surface area contributed by atoms with E-state index in [1.54, 1.807) is 13.1 Å². The summed E-state index contributed by atoms with van der Waals surface area (Å²) >= 11 is 0. The van der Waals surface area contributed by atoms with Crippen LogP contribution in [0.2, 0.25) is 0 Å². The van der Waals surface area contributed by atoms with Crippen LogP contribution in [0.25, 0.3) is 11.2 Å². The molecule has 0 bridgehead atoms. The summed E-state index contributed by atoms with van der Waals surface area (Å²) in [5.74, 6) is 0.281. The van der Waals surface area contributed by atoms with E-state index in [1.165, 1.54) is 4.90 Å². The Balaban J connectivity index is 1.32. The molecule has 0 unspecified atom stereocenters. The van der Waals surface area contributed by atoms with Crippen LogP contribution in [-0.4, -0.2) is 56.7 Å². The Bertz CT molecular complexity index is 1270. The van der Waals surface area contributed by atoms with Crippen LogP contribution in [0.15, 0.2) is 24.5 Å². The second-order valence-electron chi connectivity index (χ2n) is 8.93. The number of aryl methyl sites for hydroxylation is 1. The summed E-state index contributed by atoms with van der Waals surface area (Å²) < 4.78 is 66.3. The fraction of sp³-hybridized carbons (Fsp3) is 0.500. The Morgan fingerprint density at radius 2 is 1.80 bits per heavy atom. The first-order valence-corrected chi connectivity index (χ1v) is 11.2. The Morgan fingerprint density at radius 3 is 2.49 bits per heavy atom. The maximum Gasteiger partial charge on any atom is 0.416 e. The van der Waals surface area contributed by atoms with Gasteiger partial charge in [-0.1, -0.05) is 0 Å². The number of fused-ring (bicyclic) bond motifs is 1. The number of rotatable bonds is 4. The monoisotopic (exact) mass is 495 g/mol. The van der Waals surface area contributed by atoms with Gasteiger partial charge in [0.25, 0.3) is 6.43 Å². The van der Waals surface area contributed by atoms with Crippen molar-refractivity contribution in [2.24, 2.45) is 5.41 Å². The average Bonchev–Trinajstić information content (AvgIpc) is 3.30. The van der Waals surface area contributed by atoms with Gasteiger partial charge in [-0.25, -0.2) is 28.4 Å². The van der Waals surface area contributed by atoms with E-state index in [4.69, 9.17) is 0 Å². The average molecular weight is 495 g/mol. The lowest BCUT2D eigenvalue weighted by Gasteiger charge is -2.38. The summed E-state index contributed by atoms with van der Waals surface area (Å²) in [6.07, 6.45) is -2.99. The number of halogens is 5. The molecule has 2 aliphatic heterocycles. The number of nitrogens with zero attached hydrogens (tertiary/aromatic N) is 7. The molecular formula is C22H22F5N7O. The second-order valence-corrected chi connectivity index (χ2v) is 8.93. The molecule has 3 aromatic heterocycles. The van der Waals surface area contributed by atoms with Gasteiger partial charge in [-0.05, 0) is 38.3 Å². The maximum absolute atomic E-state index is 13.3. The van der Waals surface area contributed by atoms with Gasteiger partial charge in [0.15, 0.2) is 5.65 Å². The van der Waals surface area contributed by atoms with E-state index < -0.39 is 30.1 Å². The molecule has 186 valence electrons. The zero-order valence-electron chi connectivity index (χ0n) is 18.8. The number of carbonyl (C=O) groups excluding carboxylic acids is 1. The molecule has 8 nitrogen and oxygen atoms in total. The number of anilines is 2. The quantitative estimate of drug-likeness (QED) is 0.512. The van der Waals surface area contributed by atoms with Crippen molar-refractivity contribution < 1.29 is 26.7 Å². The number of hydrogen-bond donors (Lipinski definition) is 0. The van der Waals surface area contributed by atoms with Gasteiger partial charge in [-0.2, -0.15) is 18.3 Å². The van der Waals surface area contributed by atoms with Crippen LogP contribution in [0.5, 0.6) is 0 Å². The molecule has 2 saturated heterocycles. The first-order chi connectivity index (χ1) is 16.6. The highest BCUT2D eigenvalue weighted by molar-refractivity contribution is 5.99. The predicted octanol–water partition coefficient (Wildman–Crippen LogP) is 3.84. The molecule has 1 spiro atoms. The highest BCUT2D eigenvalue weighted by Crippen LogP contribution is 2.44. The second kappa shape index (κ2) is 8.38. The van der Waals surface area contributed by atoms with Gasteiger partial charge in [-0.15, -0.1) is 0 Å². The lowest BCUT2D eigenvalue weighted by molar-refractivity contribution is -0.137.